The lowest BCUT2D eigenvalue weighted by atomic mass is 9.83. The smallest absolute Gasteiger partial charge is 0.403 e. The molecule has 0 saturated heterocycles. The van der Waals surface area contributed by atoms with Gasteiger partial charge < -0.3 is 10.5 Å². The fourth-order valence-corrected chi connectivity index (χ4v) is 1.42. The number of alkyl halides is 3. The molecule has 6 heteroatoms. The maximum absolute atomic E-state index is 13.4. The molecular formula is C12H15F4NO. The lowest BCUT2D eigenvalue weighted by Gasteiger charge is -2.27. The summed E-state index contributed by atoms with van der Waals surface area (Å²) in [7, 11) is 0. The van der Waals surface area contributed by atoms with E-state index in [-0.39, 0.29) is 5.41 Å². The standard InChI is InChI=1S/C12H15F4NO/c1-11(2,3)10(17)7-4-5-9(8(13)6-7)18-12(14,15)16/h4-6,10H,17H2,1-3H3/t10-/m1/s1. The molecule has 1 aromatic carbocycles. The molecule has 0 aliphatic rings. The number of nitrogens with two attached hydrogens (primary N) is 1. The van der Waals surface area contributed by atoms with Crippen LogP contribution in [0, 0.1) is 11.2 Å². The quantitative estimate of drug-likeness (QED) is 0.826. The average Bonchev–Trinajstić information content (AvgIpc) is 2.16. The predicted octanol–water partition coefficient (Wildman–Crippen LogP) is 3.77. The molecule has 0 unspecified atom stereocenters. The van der Waals surface area contributed by atoms with Gasteiger partial charge in [0.25, 0.3) is 0 Å². The molecule has 1 atom stereocenters. The number of hydrogen-bond acceptors (Lipinski definition) is 2. The van der Waals surface area contributed by atoms with Crippen molar-refractivity contribution >= 4 is 0 Å². The molecule has 0 aromatic heterocycles. The highest BCUT2D eigenvalue weighted by Crippen LogP contribution is 2.33. The van der Waals surface area contributed by atoms with Gasteiger partial charge in [-0.05, 0) is 23.1 Å². The van der Waals surface area contributed by atoms with Crippen LogP contribution in [0.2, 0.25) is 0 Å². The molecule has 0 heterocycles. The van der Waals surface area contributed by atoms with Gasteiger partial charge in [-0.25, -0.2) is 4.39 Å². The van der Waals surface area contributed by atoms with Gasteiger partial charge in [0, 0.05) is 6.04 Å². The molecule has 1 aromatic rings. The minimum atomic E-state index is -4.91. The molecule has 18 heavy (non-hydrogen) atoms. The molecule has 0 amide bonds. The van der Waals surface area contributed by atoms with Gasteiger partial charge >= 0.3 is 6.36 Å². The van der Waals surface area contributed by atoms with Crippen LogP contribution in [0.5, 0.6) is 5.75 Å². The Bertz CT molecular complexity index is 423. The summed E-state index contributed by atoms with van der Waals surface area (Å²) >= 11 is 0. The zero-order chi connectivity index (χ0) is 14.1. The molecule has 0 aliphatic heterocycles. The summed E-state index contributed by atoms with van der Waals surface area (Å²) < 4.78 is 52.9. The van der Waals surface area contributed by atoms with Crippen LogP contribution in [0.15, 0.2) is 18.2 Å². The van der Waals surface area contributed by atoms with Crippen molar-refractivity contribution in [3.8, 4) is 5.75 Å². The molecule has 0 fully saturated rings. The number of hydrogen-bond donors (Lipinski definition) is 1. The fourth-order valence-electron chi connectivity index (χ4n) is 1.42. The molecule has 0 aliphatic carbocycles. The zero-order valence-electron chi connectivity index (χ0n) is 10.3. The summed E-state index contributed by atoms with van der Waals surface area (Å²) in [5.74, 6) is -1.93. The van der Waals surface area contributed by atoms with Crippen LogP contribution in [-0.4, -0.2) is 6.36 Å². The van der Waals surface area contributed by atoms with Crippen molar-refractivity contribution in [3.05, 3.63) is 29.6 Å². The summed E-state index contributed by atoms with van der Waals surface area (Å²) in [6, 6.07) is 2.76. The number of ether oxygens (including phenoxy) is 1. The van der Waals surface area contributed by atoms with Gasteiger partial charge in [-0.3, -0.25) is 0 Å². The first kappa shape index (κ1) is 14.8. The Labute approximate surface area is 103 Å². The van der Waals surface area contributed by atoms with E-state index in [2.05, 4.69) is 4.74 Å². The van der Waals surface area contributed by atoms with Gasteiger partial charge in [0.1, 0.15) is 0 Å². The number of halogens is 4. The first-order chi connectivity index (χ1) is 8.00. The molecule has 0 bridgehead atoms. The van der Waals surface area contributed by atoms with Crippen LogP contribution in [0.4, 0.5) is 17.6 Å². The normalized spacial score (nSPS) is 14.4. The van der Waals surface area contributed by atoms with Gasteiger partial charge in [-0.15, -0.1) is 13.2 Å². The van der Waals surface area contributed by atoms with Gasteiger partial charge in [-0.1, -0.05) is 26.8 Å². The van der Waals surface area contributed by atoms with Crippen molar-refractivity contribution in [2.45, 2.75) is 33.2 Å². The topological polar surface area (TPSA) is 35.2 Å². The predicted molar refractivity (Wildman–Crippen MR) is 59.5 cm³/mol. The summed E-state index contributed by atoms with van der Waals surface area (Å²) in [5, 5.41) is 0. The molecule has 1 rings (SSSR count). The molecule has 0 saturated carbocycles. The van der Waals surface area contributed by atoms with Crippen molar-refractivity contribution in [2.24, 2.45) is 11.1 Å². The van der Waals surface area contributed by atoms with E-state index in [0.717, 1.165) is 12.1 Å². The fraction of sp³-hybridized carbons (Fsp3) is 0.500. The van der Waals surface area contributed by atoms with Crippen molar-refractivity contribution in [1.29, 1.82) is 0 Å². The maximum Gasteiger partial charge on any atom is 0.573 e. The van der Waals surface area contributed by atoms with Crippen LogP contribution in [0.3, 0.4) is 0 Å². The van der Waals surface area contributed by atoms with Gasteiger partial charge in [0.15, 0.2) is 11.6 Å². The molecule has 102 valence electrons. The average molecular weight is 265 g/mol. The van der Waals surface area contributed by atoms with E-state index in [1.807, 2.05) is 20.8 Å². The van der Waals surface area contributed by atoms with E-state index in [0.29, 0.717) is 5.56 Å². The Morgan fingerprint density at radius 2 is 1.72 bits per heavy atom. The Hall–Kier alpha value is -1.30. The molecule has 2 N–H and O–H groups in total. The third-order valence-corrected chi connectivity index (χ3v) is 2.47. The maximum atomic E-state index is 13.4. The number of rotatable bonds is 2. The Balaban J connectivity index is 3.00. The minimum absolute atomic E-state index is 0.321. The largest absolute Gasteiger partial charge is 0.573 e. The summed E-state index contributed by atoms with van der Waals surface area (Å²) in [6.07, 6.45) is -4.91. The SMILES string of the molecule is CC(C)(C)[C@H](N)c1ccc(OC(F)(F)F)c(F)c1. The first-order valence-electron chi connectivity index (χ1n) is 5.31. The van der Waals surface area contributed by atoms with Crippen molar-refractivity contribution in [2.75, 3.05) is 0 Å². The van der Waals surface area contributed by atoms with E-state index in [1.165, 1.54) is 6.07 Å². The van der Waals surface area contributed by atoms with Gasteiger partial charge in [0.2, 0.25) is 0 Å². The van der Waals surface area contributed by atoms with Crippen LogP contribution in [0.1, 0.15) is 32.4 Å². The highest BCUT2D eigenvalue weighted by molar-refractivity contribution is 5.31. The van der Waals surface area contributed by atoms with Crippen molar-refractivity contribution in [1.82, 2.24) is 0 Å². The lowest BCUT2D eigenvalue weighted by molar-refractivity contribution is -0.275. The second-order valence-electron chi connectivity index (χ2n) is 5.08. The summed E-state index contributed by atoms with van der Waals surface area (Å²) in [6.45, 7) is 5.57. The van der Waals surface area contributed by atoms with E-state index >= 15 is 0 Å². The molecular weight excluding hydrogens is 250 g/mol. The first-order valence-corrected chi connectivity index (χ1v) is 5.31. The van der Waals surface area contributed by atoms with Crippen molar-refractivity contribution in [3.63, 3.8) is 0 Å². The van der Waals surface area contributed by atoms with Crippen molar-refractivity contribution < 1.29 is 22.3 Å². The van der Waals surface area contributed by atoms with E-state index in [4.69, 9.17) is 5.73 Å². The lowest BCUT2D eigenvalue weighted by Crippen LogP contribution is -2.26. The summed E-state index contributed by atoms with van der Waals surface area (Å²) in [4.78, 5) is 0. The van der Waals surface area contributed by atoms with E-state index < -0.39 is 24.0 Å². The van der Waals surface area contributed by atoms with E-state index in [9.17, 15) is 17.6 Å². The summed E-state index contributed by atoms with van der Waals surface area (Å²) in [5.41, 5.74) is 5.99. The molecule has 2 nitrogen and oxygen atoms in total. The zero-order valence-corrected chi connectivity index (χ0v) is 10.3. The Morgan fingerprint density at radius 3 is 2.11 bits per heavy atom. The highest BCUT2D eigenvalue weighted by Gasteiger charge is 2.32. The monoisotopic (exact) mass is 265 g/mol. The Kier molecular flexibility index (Phi) is 3.90. The third kappa shape index (κ3) is 3.87. The second-order valence-corrected chi connectivity index (χ2v) is 5.08. The highest BCUT2D eigenvalue weighted by atomic mass is 19.4. The molecule has 0 radical (unpaired) electrons. The van der Waals surface area contributed by atoms with Crippen LogP contribution in [-0.2, 0) is 0 Å². The second kappa shape index (κ2) is 4.76. The minimum Gasteiger partial charge on any atom is -0.403 e. The molecule has 0 spiro atoms. The van der Waals surface area contributed by atoms with Crippen LogP contribution >= 0.6 is 0 Å². The third-order valence-electron chi connectivity index (χ3n) is 2.47. The van der Waals surface area contributed by atoms with Crippen LogP contribution in [0.25, 0.3) is 0 Å². The van der Waals surface area contributed by atoms with Gasteiger partial charge in [-0.2, -0.15) is 0 Å². The van der Waals surface area contributed by atoms with Crippen LogP contribution < -0.4 is 10.5 Å². The van der Waals surface area contributed by atoms with E-state index in [1.54, 1.807) is 0 Å². The van der Waals surface area contributed by atoms with Gasteiger partial charge in [0.05, 0.1) is 0 Å². The Morgan fingerprint density at radius 1 is 1.17 bits per heavy atom. The number of benzene rings is 1.